The van der Waals surface area contributed by atoms with E-state index in [0.717, 1.165) is 14.6 Å². The van der Waals surface area contributed by atoms with E-state index in [4.69, 9.17) is 0 Å². The highest BCUT2D eigenvalue weighted by atomic mass is 32.2. The lowest BCUT2D eigenvalue weighted by atomic mass is 10.2. The number of aromatic nitrogens is 1. The molecule has 0 aliphatic rings. The van der Waals surface area contributed by atoms with E-state index < -0.39 is 9.84 Å². The van der Waals surface area contributed by atoms with Crippen LogP contribution in [0.4, 0.5) is 5.69 Å². The highest BCUT2D eigenvalue weighted by Crippen LogP contribution is 2.30. The molecule has 1 amide bonds. The fourth-order valence-electron chi connectivity index (χ4n) is 2.27. The molecular formula is C17H16N2O3S3. The lowest BCUT2D eigenvalue weighted by molar-refractivity contribution is 0.102. The number of nitrogens with one attached hydrogen (secondary N) is 1. The number of sulfone groups is 1. The Morgan fingerprint density at radius 3 is 2.76 bits per heavy atom. The molecule has 0 saturated carbocycles. The number of thiazole rings is 1. The molecule has 5 nitrogen and oxygen atoms in total. The van der Waals surface area contributed by atoms with Crippen molar-refractivity contribution in [2.24, 2.45) is 0 Å². The Morgan fingerprint density at radius 1 is 1.24 bits per heavy atom. The number of fused-ring (bicyclic) bond motifs is 1. The molecule has 0 aliphatic heterocycles. The molecule has 25 heavy (non-hydrogen) atoms. The van der Waals surface area contributed by atoms with E-state index in [1.165, 1.54) is 12.1 Å². The first kappa shape index (κ1) is 17.9. The van der Waals surface area contributed by atoms with Crippen molar-refractivity contribution in [1.29, 1.82) is 0 Å². The Morgan fingerprint density at radius 2 is 2.04 bits per heavy atom. The van der Waals surface area contributed by atoms with E-state index >= 15 is 0 Å². The average molecular weight is 393 g/mol. The summed E-state index contributed by atoms with van der Waals surface area (Å²) in [6, 6.07) is 11.6. The zero-order valence-electron chi connectivity index (χ0n) is 13.6. The number of thioether (sulfide) groups is 1. The van der Waals surface area contributed by atoms with Gasteiger partial charge in [0, 0.05) is 11.3 Å². The van der Waals surface area contributed by atoms with Gasteiger partial charge in [0.1, 0.15) is 0 Å². The number of anilines is 1. The minimum Gasteiger partial charge on any atom is -0.322 e. The maximum atomic E-state index is 12.5. The van der Waals surface area contributed by atoms with E-state index in [0.29, 0.717) is 11.3 Å². The SMILES string of the molecule is CCS(=O)(=O)c1cccc(C(=O)Nc2ccc3nc(SC)sc3c2)c1. The number of nitrogens with zero attached hydrogens (tertiary/aromatic N) is 1. The average Bonchev–Trinajstić information content (AvgIpc) is 3.04. The van der Waals surface area contributed by atoms with Gasteiger partial charge in [-0.1, -0.05) is 24.8 Å². The number of carbonyl (C=O) groups is 1. The number of hydrogen-bond donors (Lipinski definition) is 1. The molecule has 0 radical (unpaired) electrons. The molecule has 0 bridgehead atoms. The molecule has 1 N–H and O–H groups in total. The van der Waals surface area contributed by atoms with E-state index in [9.17, 15) is 13.2 Å². The molecule has 0 atom stereocenters. The second-order valence-electron chi connectivity index (χ2n) is 5.25. The van der Waals surface area contributed by atoms with Crippen molar-refractivity contribution in [3.63, 3.8) is 0 Å². The highest BCUT2D eigenvalue weighted by molar-refractivity contribution is 8.00. The van der Waals surface area contributed by atoms with Crippen molar-refractivity contribution in [1.82, 2.24) is 4.98 Å². The van der Waals surface area contributed by atoms with Crippen LogP contribution in [0.1, 0.15) is 17.3 Å². The standard InChI is InChI=1S/C17H16N2O3S3/c1-3-25(21,22)13-6-4-5-11(9-13)16(20)18-12-7-8-14-15(10-12)24-17(19-14)23-2/h4-10H,3H2,1-2H3,(H,18,20). The Bertz CT molecular complexity index is 1040. The molecule has 0 unspecified atom stereocenters. The molecule has 1 aromatic heterocycles. The van der Waals surface area contributed by atoms with Crippen molar-refractivity contribution in [3.05, 3.63) is 48.0 Å². The molecule has 0 aliphatic carbocycles. The predicted molar refractivity (Wildman–Crippen MR) is 104 cm³/mol. The van der Waals surface area contributed by atoms with Gasteiger partial charge in [-0.05, 0) is 42.7 Å². The monoisotopic (exact) mass is 392 g/mol. The number of hydrogen-bond acceptors (Lipinski definition) is 6. The highest BCUT2D eigenvalue weighted by Gasteiger charge is 2.15. The second kappa shape index (κ2) is 7.15. The quantitative estimate of drug-likeness (QED) is 0.663. The van der Waals surface area contributed by atoms with Crippen LogP contribution in [0.2, 0.25) is 0 Å². The van der Waals surface area contributed by atoms with Crippen molar-refractivity contribution in [2.75, 3.05) is 17.3 Å². The van der Waals surface area contributed by atoms with Crippen LogP contribution in [0.25, 0.3) is 10.2 Å². The normalized spacial score (nSPS) is 11.6. The Labute approximate surface area is 154 Å². The van der Waals surface area contributed by atoms with Gasteiger partial charge in [-0.2, -0.15) is 0 Å². The summed E-state index contributed by atoms with van der Waals surface area (Å²) in [5.41, 5.74) is 1.85. The van der Waals surface area contributed by atoms with Crippen LogP contribution < -0.4 is 5.32 Å². The molecule has 8 heteroatoms. The third kappa shape index (κ3) is 3.86. The van der Waals surface area contributed by atoms with Crippen LogP contribution in [0, 0.1) is 0 Å². The fraction of sp³-hybridized carbons (Fsp3) is 0.176. The lowest BCUT2D eigenvalue weighted by Crippen LogP contribution is -2.13. The summed E-state index contributed by atoms with van der Waals surface area (Å²) in [4.78, 5) is 17.1. The topological polar surface area (TPSA) is 76.1 Å². The van der Waals surface area contributed by atoms with Gasteiger partial charge in [0.05, 0.1) is 20.9 Å². The number of carbonyl (C=O) groups excluding carboxylic acids is 1. The Balaban J connectivity index is 1.86. The molecule has 0 spiro atoms. The second-order valence-corrected chi connectivity index (χ2v) is 9.61. The van der Waals surface area contributed by atoms with Crippen LogP contribution in [0.5, 0.6) is 0 Å². The van der Waals surface area contributed by atoms with E-state index in [1.807, 2.05) is 18.4 Å². The minimum atomic E-state index is -3.34. The van der Waals surface area contributed by atoms with Crippen LogP contribution in [-0.4, -0.2) is 31.3 Å². The molecule has 0 saturated heterocycles. The summed E-state index contributed by atoms with van der Waals surface area (Å²) in [5.74, 6) is -0.347. The molecule has 0 fully saturated rings. The van der Waals surface area contributed by atoms with Crippen molar-refractivity contribution < 1.29 is 13.2 Å². The summed E-state index contributed by atoms with van der Waals surface area (Å²) in [6.45, 7) is 1.58. The summed E-state index contributed by atoms with van der Waals surface area (Å²) < 4.78 is 25.9. The lowest BCUT2D eigenvalue weighted by Gasteiger charge is -2.07. The third-order valence-electron chi connectivity index (χ3n) is 3.64. The van der Waals surface area contributed by atoms with Gasteiger partial charge in [-0.3, -0.25) is 4.79 Å². The molecule has 130 valence electrons. The molecule has 1 heterocycles. The van der Waals surface area contributed by atoms with E-state index in [-0.39, 0.29) is 16.6 Å². The molecule has 2 aromatic carbocycles. The van der Waals surface area contributed by atoms with Gasteiger partial charge in [0.25, 0.3) is 5.91 Å². The fourth-order valence-corrected chi connectivity index (χ4v) is 4.72. The van der Waals surface area contributed by atoms with E-state index in [1.54, 1.807) is 48.2 Å². The Kier molecular flexibility index (Phi) is 5.12. The minimum absolute atomic E-state index is 0.00209. The first-order valence-corrected chi connectivity index (χ1v) is 11.2. The van der Waals surface area contributed by atoms with E-state index in [2.05, 4.69) is 10.3 Å². The van der Waals surface area contributed by atoms with Crippen LogP contribution in [-0.2, 0) is 9.84 Å². The summed E-state index contributed by atoms with van der Waals surface area (Å²) in [7, 11) is -3.34. The van der Waals surface area contributed by atoms with Gasteiger partial charge < -0.3 is 5.32 Å². The van der Waals surface area contributed by atoms with Crippen molar-refractivity contribution in [2.45, 2.75) is 16.2 Å². The molecule has 3 aromatic rings. The third-order valence-corrected chi connectivity index (χ3v) is 7.37. The first-order chi connectivity index (χ1) is 11.9. The number of amides is 1. The maximum absolute atomic E-state index is 12.5. The zero-order valence-corrected chi connectivity index (χ0v) is 16.1. The van der Waals surface area contributed by atoms with Crippen LogP contribution in [0.15, 0.2) is 51.7 Å². The maximum Gasteiger partial charge on any atom is 0.255 e. The van der Waals surface area contributed by atoms with Gasteiger partial charge in [0.15, 0.2) is 14.2 Å². The van der Waals surface area contributed by atoms with Crippen LogP contribution in [0.3, 0.4) is 0 Å². The molecular weight excluding hydrogens is 376 g/mol. The van der Waals surface area contributed by atoms with Crippen molar-refractivity contribution >= 4 is 54.7 Å². The molecule has 3 rings (SSSR count). The van der Waals surface area contributed by atoms with Crippen molar-refractivity contribution in [3.8, 4) is 0 Å². The largest absolute Gasteiger partial charge is 0.322 e. The summed E-state index contributed by atoms with van der Waals surface area (Å²) in [6.07, 6.45) is 1.97. The van der Waals surface area contributed by atoms with Crippen LogP contribution >= 0.6 is 23.1 Å². The first-order valence-electron chi connectivity index (χ1n) is 7.51. The number of rotatable bonds is 5. The predicted octanol–water partition coefficient (Wildman–Crippen LogP) is 4.06. The Hall–Kier alpha value is -1.90. The van der Waals surface area contributed by atoms with Gasteiger partial charge in [-0.15, -0.1) is 11.3 Å². The van der Waals surface area contributed by atoms with Gasteiger partial charge in [0.2, 0.25) is 0 Å². The van der Waals surface area contributed by atoms with Gasteiger partial charge >= 0.3 is 0 Å². The summed E-state index contributed by atoms with van der Waals surface area (Å²) in [5, 5.41) is 2.81. The van der Waals surface area contributed by atoms with Gasteiger partial charge in [-0.25, -0.2) is 13.4 Å². The zero-order chi connectivity index (χ0) is 18.0. The summed E-state index contributed by atoms with van der Waals surface area (Å²) >= 11 is 3.14. The smallest absolute Gasteiger partial charge is 0.255 e. The number of benzene rings is 2.